The Kier molecular flexibility index (Phi) is 5.96. The summed E-state index contributed by atoms with van der Waals surface area (Å²) >= 11 is 0. The smallest absolute Gasteiger partial charge is 0.243 e. The highest BCUT2D eigenvalue weighted by Gasteiger charge is 2.44. The first-order valence-corrected chi connectivity index (χ1v) is 11.4. The summed E-state index contributed by atoms with van der Waals surface area (Å²) in [6.07, 6.45) is 0.269. The molecule has 0 saturated carbocycles. The molecule has 3 saturated heterocycles. The molecule has 8 nitrogen and oxygen atoms in total. The zero-order valence-electron chi connectivity index (χ0n) is 19.3. The van der Waals surface area contributed by atoms with Crippen LogP contribution in [0.5, 0.6) is 5.75 Å². The van der Waals surface area contributed by atoms with Crippen LogP contribution < -0.4 is 30.9 Å². The lowest BCUT2D eigenvalue weighted by Gasteiger charge is -2.38. The lowest BCUT2D eigenvalue weighted by Crippen LogP contribution is -2.60. The summed E-state index contributed by atoms with van der Waals surface area (Å²) in [5, 5.41) is 1.38. The number of methoxy groups -OCH3 is 1. The number of anilines is 2. The van der Waals surface area contributed by atoms with Crippen molar-refractivity contribution < 1.29 is 13.9 Å². The minimum atomic E-state index is -0.414. The number of fused-ring (bicyclic) bond motifs is 1. The van der Waals surface area contributed by atoms with Gasteiger partial charge in [0.1, 0.15) is 11.6 Å². The van der Waals surface area contributed by atoms with Crippen LogP contribution in [0.4, 0.5) is 15.8 Å². The maximum atomic E-state index is 14.6. The first kappa shape index (κ1) is 22.1. The molecule has 3 heterocycles. The highest BCUT2D eigenvalue weighted by molar-refractivity contribution is 5.94. The van der Waals surface area contributed by atoms with E-state index in [1.807, 2.05) is 13.0 Å². The second kappa shape index (κ2) is 8.90. The van der Waals surface area contributed by atoms with Crippen LogP contribution >= 0.6 is 0 Å². The van der Waals surface area contributed by atoms with E-state index in [0.717, 1.165) is 43.2 Å². The zero-order valence-corrected chi connectivity index (χ0v) is 19.3. The van der Waals surface area contributed by atoms with Crippen molar-refractivity contribution in [3.8, 4) is 5.75 Å². The number of halogens is 1. The van der Waals surface area contributed by atoms with Gasteiger partial charge in [-0.2, -0.15) is 0 Å². The minimum Gasteiger partial charge on any atom is -0.495 e. The number of ether oxygens (including phenoxy) is 1. The molecule has 0 aromatic heterocycles. The van der Waals surface area contributed by atoms with E-state index in [-0.39, 0.29) is 36.1 Å². The fourth-order valence-electron chi connectivity index (χ4n) is 5.03. The maximum Gasteiger partial charge on any atom is 0.243 e. The van der Waals surface area contributed by atoms with Crippen molar-refractivity contribution in [3.63, 3.8) is 0 Å². The Bertz CT molecular complexity index is 1020. The molecule has 0 bridgehead atoms. The summed E-state index contributed by atoms with van der Waals surface area (Å²) in [7, 11) is 3.84. The Hall–Kier alpha value is -2.72. The number of nitrogens with zero attached hydrogens (tertiary/aromatic N) is 3. The number of rotatable bonds is 4. The molecule has 33 heavy (non-hydrogen) atoms. The number of hydrogen-bond acceptors (Lipinski definition) is 7. The third-order valence-corrected chi connectivity index (χ3v) is 6.96. The van der Waals surface area contributed by atoms with Gasteiger partial charge in [0.25, 0.3) is 0 Å². The quantitative estimate of drug-likeness (QED) is 0.650. The van der Waals surface area contributed by atoms with Gasteiger partial charge in [0.05, 0.1) is 30.6 Å². The summed E-state index contributed by atoms with van der Waals surface area (Å²) in [5.74, 6) is 0.251. The van der Waals surface area contributed by atoms with Gasteiger partial charge in [0.15, 0.2) is 0 Å². The lowest BCUT2D eigenvalue weighted by molar-refractivity contribution is -0.121. The molecule has 3 aliphatic heterocycles. The third-order valence-electron chi connectivity index (χ3n) is 6.96. The SMILES string of the molecule is COc1cc(C2NNC3CC(=O)N(c4c(C)cccc4F)NC32)ccc1N1CCN(C)CC1. The molecule has 176 valence electrons. The van der Waals surface area contributed by atoms with E-state index in [2.05, 4.69) is 51.3 Å². The van der Waals surface area contributed by atoms with E-state index in [9.17, 15) is 9.18 Å². The number of carbonyl (C=O) groups is 1. The van der Waals surface area contributed by atoms with Crippen LogP contribution in [0.1, 0.15) is 23.6 Å². The Morgan fingerprint density at radius 2 is 1.88 bits per heavy atom. The van der Waals surface area contributed by atoms with Crippen LogP contribution in [0.15, 0.2) is 36.4 Å². The van der Waals surface area contributed by atoms with Gasteiger partial charge in [0.2, 0.25) is 5.91 Å². The van der Waals surface area contributed by atoms with Crippen LogP contribution in [0.2, 0.25) is 0 Å². The zero-order chi connectivity index (χ0) is 23.1. The third kappa shape index (κ3) is 4.06. The molecule has 3 atom stereocenters. The number of para-hydroxylation sites is 1. The molecule has 9 heteroatoms. The van der Waals surface area contributed by atoms with Crippen molar-refractivity contribution >= 4 is 17.3 Å². The van der Waals surface area contributed by atoms with Gasteiger partial charge in [-0.15, -0.1) is 0 Å². The van der Waals surface area contributed by atoms with E-state index >= 15 is 0 Å². The number of nitrogens with one attached hydrogen (secondary N) is 3. The van der Waals surface area contributed by atoms with Crippen LogP contribution in [-0.2, 0) is 4.79 Å². The molecule has 2 aromatic rings. The van der Waals surface area contributed by atoms with Crippen LogP contribution in [-0.4, -0.2) is 63.2 Å². The Morgan fingerprint density at radius 3 is 2.61 bits per heavy atom. The van der Waals surface area contributed by atoms with Crippen LogP contribution in [0.25, 0.3) is 0 Å². The number of amides is 1. The standard InChI is InChI=1S/C24H31FN6O2/c1-15-5-4-6-17(25)24(15)31-21(32)14-18-23(28-31)22(27-26-18)16-7-8-19(20(13-16)33-3)30-11-9-29(2)10-12-30/h4-8,13,18,22-23,26-28H,9-12,14H2,1-3H3. The predicted molar refractivity (Wildman–Crippen MR) is 126 cm³/mol. The highest BCUT2D eigenvalue weighted by atomic mass is 19.1. The van der Waals surface area contributed by atoms with Gasteiger partial charge in [-0.25, -0.2) is 20.3 Å². The summed E-state index contributed by atoms with van der Waals surface area (Å²) in [4.78, 5) is 17.5. The predicted octanol–water partition coefficient (Wildman–Crippen LogP) is 1.72. The molecule has 1 amide bonds. The molecule has 3 aliphatic rings. The fourth-order valence-corrected chi connectivity index (χ4v) is 5.03. The second-order valence-electron chi connectivity index (χ2n) is 9.09. The highest BCUT2D eigenvalue weighted by Crippen LogP contribution is 2.36. The Labute approximate surface area is 193 Å². The molecule has 3 fully saturated rings. The fraction of sp³-hybridized carbons (Fsp3) is 0.458. The minimum absolute atomic E-state index is 0.103. The number of hydrogen-bond donors (Lipinski definition) is 3. The van der Waals surface area contributed by atoms with E-state index in [4.69, 9.17) is 4.74 Å². The first-order valence-electron chi connectivity index (χ1n) is 11.4. The summed E-state index contributed by atoms with van der Waals surface area (Å²) in [6.45, 7) is 5.77. The number of benzene rings is 2. The Balaban J connectivity index is 1.40. The maximum absolute atomic E-state index is 14.6. The summed E-state index contributed by atoms with van der Waals surface area (Å²) in [5.41, 5.74) is 13.0. The van der Waals surface area contributed by atoms with Crippen molar-refractivity contribution in [2.45, 2.75) is 31.5 Å². The van der Waals surface area contributed by atoms with Gasteiger partial charge >= 0.3 is 0 Å². The molecule has 2 aromatic carbocycles. The largest absolute Gasteiger partial charge is 0.495 e. The first-order chi connectivity index (χ1) is 16.0. The van der Waals surface area contributed by atoms with Crippen molar-refractivity contribution in [1.82, 2.24) is 21.2 Å². The molecular weight excluding hydrogens is 423 g/mol. The van der Waals surface area contributed by atoms with Crippen molar-refractivity contribution in [1.29, 1.82) is 0 Å². The number of carbonyl (C=O) groups excluding carboxylic acids is 1. The van der Waals surface area contributed by atoms with Gasteiger partial charge in [-0.1, -0.05) is 18.2 Å². The average molecular weight is 455 g/mol. The normalized spacial score (nSPS) is 25.9. The number of aryl methyl sites for hydroxylation is 1. The molecule has 0 aliphatic carbocycles. The van der Waals surface area contributed by atoms with Crippen LogP contribution in [0.3, 0.4) is 0 Å². The number of piperazine rings is 1. The van der Waals surface area contributed by atoms with Crippen LogP contribution in [0, 0.1) is 12.7 Å². The monoisotopic (exact) mass is 454 g/mol. The van der Waals surface area contributed by atoms with E-state index in [1.165, 1.54) is 11.1 Å². The van der Waals surface area contributed by atoms with Crippen molar-refractivity contribution in [2.75, 3.05) is 50.2 Å². The topological polar surface area (TPSA) is 72.1 Å². The van der Waals surface area contributed by atoms with E-state index < -0.39 is 5.82 Å². The van der Waals surface area contributed by atoms with Gasteiger partial charge in [-0.3, -0.25) is 10.2 Å². The molecule has 0 radical (unpaired) electrons. The molecule has 3 unspecified atom stereocenters. The molecule has 5 rings (SSSR count). The van der Waals surface area contributed by atoms with Gasteiger partial charge in [-0.05, 0) is 43.3 Å². The van der Waals surface area contributed by atoms with Crippen molar-refractivity contribution in [2.24, 2.45) is 0 Å². The lowest BCUT2D eigenvalue weighted by atomic mass is 9.93. The number of likely N-dealkylation sites (N-methyl/N-ethyl adjacent to an activating group) is 1. The average Bonchev–Trinajstić information content (AvgIpc) is 3.22. The molecule has 0 spiro atoms. The van der Waals surface area contributed by atoms with E-state index in [0.29, 0.717) is 5.56 Å². The summed E-state index contributed by atoms with van der Waals surface area (Å²) in [6, 6.07) is 10.8. The number of hydrazine groups is 2. The molecular formula is C24H31FN6O2. The Morgan fingerprint density at radius 1 is 1.09 bits per heavy atom. The van der Waals surface area contributed by atoms with Crippen molar-refractivity contribution in [3.05, 3.63) is 53.3 Å². The second-order valence-corrected chi connectivity index (χ2v) is 9.09. The molecule has 3 N–H and O–H groups in total. The van der Waals surface area contributed by atoms with Gasteiger partial charge in [0, 0.05) is 38.6 Å². The van der Waals surface area contributed by atoms with Gasteiger partial charge < -0.3 is 14.5 Å². The summed E-state index contributed by atoms with van der Waals surface area (Å²) < 4.78 is 20.4. The van der Waals surface area contributed by atoms with E-state index in [1.54, 1.807) is 13.2 Å².